The molecule has 0 N–H and O–H groups in total. The number of benzene rings is 2. The summed E-state index contributed by atoms with van der Waals surface area (Å²) >= 11 is 0. The van der Waals surface area contributed by atoms with Crippen LogP contribution in [-0.2, 0) is 0 Å². The number of fused-ring (bicyclic) bond motifs is 1. The Labute approximate surface area is 155 Å². The number of hydrogen-bond acceptors (Lipinski definition) is 6. The minimum atomic E-state index is -0.454. The molecule has 4 rings (SSSR count). The minimum Gasteiger partial charge on any atom is -0.481 e. The van der Waals surface area contributed by atoms with Crippen molar-refractivity contribution in [3.05, 3.63) is 76.0 Å². The summed E-state index contributed by atoms with van der Waals surface area (Å²) in [7, 11) is 0. The SMILES string of the molecule is Cc1ccccc1-c1noc([C@@H](C)Oc2ccc3c(C)cc(=O)oc3c2)n1. The second kappa shape index (κ2) is 6.72. The van der Waals surface area contributed by atoms with Gasteiger partial charge in [0.25, 0.3) is 5.89 Å². The monoisotopic (exact) mass is 362 g/mol. The zero-order chi connectivity index (χ0) is 19.0. The maximum absolute atomic E-state index is 11.6. The van der Waals surface area contributed by atoms with Crippen LogP contribution in [0.2, 0.25) is 0 Å². The Kier molecular flexibility index (Phi) is 4.24. The first kappa shape index (κ1) is 17.0. The van der Waals surface area contributed by atoms with Crippen LogP contribution in [0.3, 0.4) is 0 Å². The van der Waals surface area contributed by atoms with Gasteiger partial charge < -0.3 is 13.7 Å². The van der Waals surface area contributed by atoms with Gasteiger partial charge in [0.2, 0.25) is 5.82 Å². The Morgan fingerprint density at radius 2 is 1.85 bits per heavy atom. The molecule has 2 aromatic heterocycles. The Bertz CT molecular complexity index is 1180. The largest absolute Gasteiger partial charge is 0.481 e. The lowest BCUT2D eigenvalue weighted by Crippen LogP contribution is -2.04. The molecule has 0 aliphatic heterocycles. The summed E-state index contributed by atoms with van der Waals surface area (Å²) in [6.07, 6.45) is -0.454. The van der Waals surface area contributed by atoms with Gasteiger partial charge in [0.15, 0.2) is 6.10 Å². The number of hydrogen-bond donors (Lipinski definition) is 0. The molecule has 1 atom stereocenters. The molecule has 6 heteroatoms. The summed E-state index contributed by atoms with van der Waals surface area (Å²) < 4.78 is 16.5. The van der Waals surface area contributed by atoms with E-state index in [1.165, 1.54) is 6.07 Å². The quantitative estimate of drug-likeness (QED) is 0.494. The van der Waals surface area contributed by atoms with Crippen molar-refractivity contribution < 1.29 is 13.7 Å². The second-order valence-electron chi connectivity index (χ2n) is 6.44. The molecule has 136 valence electrons. The molecular weight excluding hydrogens is 344 g/mol. The fourth-order valence-electron chi connectivity index (χ4n) is 2.97. The highest BCUT2D eigenvalue weighted by atomic mass is 16.5. The van der Waals surface area contributed by atoms with Crippen molar-refractivity contribution in [3.63, 3.8) is 0 Å². The molecule has 0 aliphatic rings. The van der Waals surface area contributed by atoms with Gasteiger partial charge in [0.05, 0.1) is 0 Å². The van der Waals surface area contributed by atoms with Gasteiger partial charge in [0, 0.05) is 23.1 Å². The van der Waals surface area contributed by atoms with Crippen molar-refractivity contribution in [1.82, 2.24) is 10.1 Å². The maximum atomic E-state index is 11.6. The van der Waals surface area contributed by atoms with Gasteiger partial charge in [-0.25, -0.2) is 4.79 Å². The van der Waals surface area contributed by atoms with E-state index >= 15 is 0 Å². The molecule has 2 heterocycles. The molecule has 0 spiro atoms. The molecule has 6 nitrogen and oxygen atoms in total. The van der Waals surface area contributed by atoms with Crippen LogP contribution in [0.15, 0.2) is 62.3 Å². The average Bonchev–Trinajstić information content (AvgIpc) is 3.11. The summed E-state index contributed by atoms with van der Waals surface area (Å²) in [5.41, 5.74) is 2.95. The molecule has 0 fully saturated rings. The zero-order valence-corrected chi connectivity index (χ0v) is 15.2. The van der Waals surface area contributed by atoms with Gasteiger partial charge in [-0.05, 0) is 44.0 Å². The summed E-state index contributed by atoms with van der Waals surface area (Å²) in [6.45, 7) is 5.69. The molecule has 0 saturated carbocycles. The van der Waals surface area contributed by atoms with E-state index in [4.69, 9.17) is 13.7 Å². The molecule has 4 aromatic rings. The van der Waals surface area contributed by atoms with E-state index in [9.17, 15) is 4.79 Å². The number of ether oxygens (including phenoxy) is 1. The highest BCUT2D eigenvalue weighted by Crippen LogP contribution is 2.27. The lowest BCUT2D eigenvalue weighted by Gasteiger charge is -2.11. The lowest BCUT2D eigenvalue weighted by molar-refractivity contribution is 0.176. The van der Waals surface area contributed by atoms with Crippen LogP contribution in [0.4, 0.5) is 0 Å². The van der Waals surface area contributed by atoms with Gasteiger partial charge in [-0.1, -0.05) is 29.4 Å². The first-order valence-corrected chi connectivity index (χ1v) is 8.62. The van der Waals surface area contributed by atoms with E-state index in [0.29, 0.717) is 23.0 Å². The van der Waals surface area contributed by atoms with Crippen molar-refractivity contribution in [2.24, 2.45) is 0 Å². The predicted octanol–water partition coefficient (Wildman–Crippen LogP) is 4.60. The van der Waals surface area contributed by atoms with Gasteiger partial charge in [-0.3, -0.25) is 0 Å². The number of rotatable bonds is 4. The molecule has 0 saturated heterocycles. The highest BCUT2D eigenvalue weighted by molar-refractivity contribution is 5.81. The topological polar surface area (TPSA) is 78.4 Å². The van der Waals surface area contributed by atoms with Crippen LogP contribution >= 0.6 is 0 Å². The number of nitrogens with zero attached hydrogens (tertiary/aromatic N) is 2. The smallest absolute Gasteiger partial charge is 0.336 e. The maximum Gasteiger partial charge on any atom is 0.336 e. The van der Waals surface area contributed by atoms with Crippen LogP contribution in [0.5, 0.6) is 5.75 Å². The van der Waals surface area contributed by atoms with Gasteiger partial charge in [0.1, 0.15) is 11.3 Å². The third kappa shape index (κ3) is 3.33. The first-order chi connectivity index (χ1) is 13.0. The molecule has 0 unspecified atom stereocenters. The molecule has 0 amide bonds. The van der Waals surface area contributed by atoms with Crippen molar-refractivity contribution in [2.45, 2.75) is 26.9 Å². The highest BCUT2D eigenvalue weighted by Gasteiger charge is 2.18. The van der Waals surface area contributed by atoms with E-state index < -0.39 is 6.10 Å². The second-order valence-corrected chi connectivity index (χ2v) is 6.44. The van der Waals surface area contributed by atoms with Crippen LogP contribution in [0.1, 0.15) is 30.0 Å². The van der Waals surface area contributed by atoms with Crippen LogP contribution < -0.4 is 10.4 Å². The van der Waals surface area contributed by atoms with Crippen molar-refractivity contribution in [2.75, 3.05) is 0 Å². The van der Waals surface area contributed by atoms with Crippen LogP contribution in [0, 0.1) is 13.8 Å². The lowest BCUT2D eigenvalue weighted by atomic mass is 10.1. The first-order valence-electron chi connectivity index (χ1n) is 8.62. The molecule has 0 bridgehead atoms. The van der Waals surface area contributed by atoms with Crippen LogP contribution in [-0.4, -0.2) is 10.1 Å². The molecule has 27 heavy (non-hydrogen) atoms. The summed E-state index contributed by atoms with van der Waals surface area (Å²) in [4.78, 5) is 16.0. The molecule has 0 radical (unpaired) electrons. The standard InChI is InChI=1S/C21H18N2O4/c1-12-6-4-5-7-17(12)20-22-21(27-23-20)14(3)25-15-8-9-16-13(2)10-19(24)26-18(16)11-15/h4-11,14H,1-3H3/t14-/m1/s1. The van der Waals surface area contributed by atoms with E-state index in [0.717, 1.165) is 22.1 Å². The summed E-state index contributed by atoms with van der Waals surface area (Å²) in [5.74, 6) is 1.46. The van der Waals surface area contributed by atoms with E-state index in [1.54, 1.807) is 6.07 Å². The Balaban J connectivity index is 1.59. The van der Waals surface area contributed by atoms with Crippen molar-refractivity contribution in [1.29, 1.82) is 0 Å². The Morgan fingerprint density at radius 3 is 2.67 bits per heavy atom. The fourth-order valence-corrected chi connectivity index (χ4v) is 2.97. The Morgan fingerprint density at radius 1 is 1.04 bits per heavy atom. The van der Waals surface area contributed by atoms with Gasteiger partial charge >= 0.3 is 5.63 Å². The van der Waals surface area contributed by atoms with E-state index in [1.807, 2.05) is 57.2 Å². The zero-order valence-electron chi connectivity index (χ0n) is 15.2. The summed E-state index contributed by atoms with van der Waals surface area (Å²) in [5, 5.41) is 4.93. The van der Waals surface area contributed by atoms with Crippen molar-refractivity contribution >= 4 is 11.0 Å². The van der Waals surface area contributed by atoms with E-state index in [2.05, 4.69) is 10.1 Å². The predicted molar refractivity (Wildman–Crippen MR) is 101 cm³/mol. The molecular formula is C21H18N2O4. The van der Waals surface area contributed by atoms with Gasteiger partial charge in [-0.2, -0.15) is 4.98 Å². The average molecular weight is 362 g/mol. The van der Waals surface area contributed by atoms with Crippen molar-refractivity contribution in [3.8, 4) is 17.1 Å². The third-order valence-corrected chi connectivity index (χ3v) is 4.41. The van der Waals surface area contributed by atoms with Gasteiger partial charge in [-0.15, -0.1) is 0 Å². The Hall–Kier alpha value is -3.41. The number of aryl methyl sites for hydroxylation is 2. The van der Waals surface area contributed by atoms with Crippen LogP contribution in [0.25, 0.3) is 22.4 Å². The van der Waals surface area contributed by atoms with E-state index in [-0.39, 0.29) is 5.63 Å². The normalized spacial score (nSPS) is 12.3. The minimum absolute atomic E-state index is 0.374. The fraction of sp³-hybridized carbons (Fsp3) is 0.190. The number of aromatic nitrogens is 2. The molecule has 0 aliphatic carbocycles. The third-order valence-electron chi connectivity index (χ3n) is 4.41. The molecule has 2 aromatic carbocycles. The summed E-state index contributed by atoms with van der Waals surface area (Å²) in [6, 6.07) is 14.7.